The highest BCUT2D eigenvalue weighted by atomic mass is 32.2. The quantitative estimate of drug-likeness (QED) is 0.179. The van der Waals surface area contributed by atoms with Crippen LogP contribution in [0.4, 0.5) is 28.9 Å². The van der Waals surface area contributed by atoms with Gasteiger partial charge in [0.05, 0.1) is 30.9 Å². The van der Waals surface area contributed by atoms with E-state index in [0.717, 1.165) is 36.5 Å². The molecule has 0 radical (unpaired) electrons. The van der Waals surface area contributed by atoms with Crippen LogP contribution >= 0.6 is 11.9 Å². The normalized spacial score (nSPS) is 16.4. The summed E-state index contributed by atoms with van der Waals surface area (Å²) >= 11 is 1.37. The number of piperidine rings is 1. The first-order chi connectivity index (χ1) is 18.2. The largest absolute Gasteiger partial charge is 0.489 e. The number of carbonyl (C=O) groups is 1. The molecule has 208 valence electrons. The number of ether oxygens (including phenoxy) is 2. The van der Waals surface area contributed by atoms with Gasteiger partial charge in [-0.3, -0.25) is 9.52 Å². The van der Waals surface area contributed by atoms with Gasteiger partial charge in [0.15, 0.2) is 11.5 Å². The number of alkyl halides is 4. The van der Waals surface area contributed by atoms with Crippen LogP contribution in [0.3, 0.4) is 0 Å². The van der Waals surface area contributed by atoms with Crippen LogP contribution < -0.4 is 24.4 Å². The third-order valence-electron chi connectivity index (χ3n) is 6.79. The van der Waals surface area contributed by atoms with Crippen molar-refractivity contribution in [3.63, 3.8) is 0 Å². The minimum atomic E-state index is -4.41. The van der Waals surface area contributed by atoms with Crippen molar-refractivity contribution in [2.75, 3.05) is 49.9 Å². The van der Waals surface area contributed by atoms with Gasteiger partial charge in [-0.1, -0.05) is 0 Å². The number of hydrogen-bond donors (Lipinski definition) is 3. The van der Waals surface area contributed by atoms with E-state index in [-0.39, 0.29) is 23.8 Å². The van der Waals surface area contributed by atoms with Crippen molar-refractivity contribution in [2.24, 2.45) is 5.41 Å². The molecule has 12 heteroatoms. The molecule has 1 spiro atoms. The van der Waals surface area contributed by atoms with E-state index < -0.39 is 32.0 Å². The Hall–Kier alpha value is -2.70. The number of nitrogens with zero attached hydrogens (tertiary/aromatic N) is 1. The minimum Gasteiger partial charge on any atom is -0.489 e. The number of benzene rings is 2. The maximum absolute atomic E-state index is 13.4. The molecule has 2 aromatic rings. The van der Waals surface area contributed by atoms with Crippen LogP contribution in [0.2, 0.25) is 0 Å². The Morgan fingerprint density at radius 3 is 2.47 bits per heavy atom. The van der Waals surface area contributed by atoms with Crippen LogP contribution in [-0.2, 0) is 0 Å². The first-order valence-electron chi connectivity index (χ1n) is 12.5. The molecule has 0 unspecified atom stereocenters. The van der Waals surface area contributed by atoms with Gasteiger partial charge in [-0.15, -0.1) is 0 Å². The van der Waals surface area contributed by atoms with E-state index in [4.69, 9.17) is 14.6 Å². The lowest BCUT2D eigenvalue weighted by molar-refractivity contribution is -0.139. The lowest BCUT2D eigenvalue weighted by Crippen LogP contribution is -2.35. The van der Waals surface area contributed by atoms with E-state index in [1.807, 2.05) is 12.1 Å². The molecule has 3 N–H and O–H groups in total. The Balaban J connectivity index is 1.52. The van der Waals surface area contributed by atoms with E-state index in [2.05, 4.69) is 14.9 Å². The SMILES string of the molecule is O=C(Nc1ccc(OCF)c(OCCC(F)(F)F)c1)c1ccc(SNCCO)cc1N1CCC2(CC1)CC2. The summed E-state index contributed by atoms with van der Waals surface area (Å²) in [5.41, 5.74) is 1.97. The van der Waals surface area contributed by atoms with Gasteiger partial charge in [0.25, 0.3) is 5.91 Å². The van der Waals surface area contributed by atoms with Gasteiger partial charge < -0.3 is 24.8 Å². The van der Waals surface area contributed by atoms with Gasteiger partial charge >= 0.3 is 6.18 Å². The van der Waals surface area contributed by atoms with E-state index in [1.54, 1.807) is 6.07 Å². The third kappa shape index (κ3) is 7.67. The Kier molecular flexibility index (Phi) is 9.27. The lowest BCUT2D eigenvalue weighted by Gasteiger charge is -2.35. The van der Waals surface area contributed by atoms with Gasteiger partial charge in [-0.25, -0.2) is 4.39 Å². The molecule has 38 heavy (non-hydrogen) atoms. The fourth-order valence-electron chi connectivity index (χ4n) is 4.46. The average molecular weight is 558 g/mol. The highest BCUT2D eigenvalue weighted by Gasteiger charge is 2.44. The molecule has 2 aromatic carbocycles. The number of nitrogens with one attached hydrogen (secondary N) is 2. The number of anilines is 2. The minimum absolute atomic E-state index is 0.00558. The molecule has 0 bridgehead atoms. The molecule has 1 heterocycles. The highest BCUT2D eigenvalue weighted by Crippen LogP contribution is 2.54. The van der Waals surface area contributed by atoms with Crippen molar-refractivity contribution in [1.82, 2.24) is 4.72 Å². The van der Waals surface area contributed by atoms with Crippen LogP contribution in [0.15, 0.2) is 41.3 Å². The fourth-order valence-corrected chi connectivity index (χ4v) is 5.13. The summed E-state index contributed by atoms with van der Waals surface area (Å²) in [6.45, 7) is 0.248. The molecule has 2 fully saturated rings. The zero-order valence-electron chi connectivity index (χ0n) is 20.8. The van der Waals surface area contributed by atoms with Crippen LogP contribution in [0.5, 0.6) is 11.5 Å². The molecule has 0 aromatic heterocycles. The Morgan fingerprint density at radius 1 is 1.05 bits per heavy atom. The second kappa shape index (κ2) is 12.4. The van der Waals surface area contributed by atoms with Crippen molar-refractivity contribution in [3.05, 3.63) is 42.0 Å². The Labute approximate surface area is 223 Å². The van der Waals surface area contributed by atoms with Crippen molar-refractivity contribution in [2.45, 2.75) is 43.2 Å². The first kappa shape index (κ1) is 28.3. The standard InChI is InChI=1S/C26H31F4N3O4S/c27-17-37-22-4-1-18(15-23(22)36-14-9-26(28,29)30)32-24(35)20-3-2-19(38-31-10-13-34)16-21(20)33-11-7-25(5-6-25)8-12-33/h1-4,15-16,31,34H,5-14,17H2,(H,32,35). The molecule has 1 saturated carbocycles. The number of aliphatic hydroxyl groups is 1. The zero-order valence-corrected chi connectivity index (χ0v) is 21.6. The van der Waals surface area contributed by atoms with Crippen LogP contribution in [0, 0.1) is 5.41 Å². The summed E-state index contributed by atoms with van der Waals surface area (Å²) in [5, 5.41) is 11.8. The molecule has 7 nitrogen and oxygen atoms in total. The van der Waals surface area contributed by atoms with Crippen molar-refractivity contribution < 1.29 is 36.9 Å². The van der Waals surface area contributed by atoms with Crippen LogP contribution in [-0.4, -0.2) is 56.9 Å². The topological polar surface area (TPSA) is 83.1 Å². The van der Waals surface area contributed by atoms with Crippen LogP contribution in [0.25, 0.3) is 0 Å². The predicted octanol–water partition coefficient (Wildman–Crippen LogP) is 5.55. The average Bonchev–Trinajstić information content (AvgIpc) is 3.64. The predicted molar refractivity (Wildman–Crippen MR) is 138 cm³/mol. The van der Waals surface area contributed by atoms with E-state index >= 15 is 0 Å². The number of rotatable bonds is 12. The molecule has 1 saturated heterocycles. The summed E-state index contributed by atoms with van der Waals surface area (Å²) < 4.78 is 63.5. The number of hydrogen-bond acceptors (Lipinski definition) is 7. The maximum Gasteiger partial charge on any atom is 0.392 e. The number of amides is 1. The highest BCUT2D eigenvalue weighted by molar-refractivity contribution is 7.97. The van der Waals surface area contributed by atoms with Crippen molar-refractivity contribution in [1.29, 1.82) is 0 Å². The molecular formula is C26H31F4N3O4S. The van der Waals surface area contributed by atoms with Crippen molar-refractivity contribution in [3.8, 4) is 11.5 Å². The lowest BCUT2D eigenvalue weighted by atomic mass is 9.93. The van der Waals surface area contributed by atoms with E-state index in [0.29, 0.717) is 17.5 Å². The molecule has 2 aliphatic rings. The number of aliphatic hydroxyl groups excluding tert-OH is 1. The number of carbonyl (C=O) groups excluding carboxylic acids is 1. The summed E-state index contributed by atoms with van der Waals surface area (Å²) in [6.07, 6.45) is -0.938. The zero-order chi connectivity index (χ0) is 27.2. The molecular weight excluding hydrogens is 526 g/mol. The van der Waals surface area contributed by atoms with Gasteiger partial charge in [0.2, 0.25) is 6.86 Å². The smallest absolute Gasteiger partial charge is 0.392 e. The Bertz CT molecular complexity index is 1100. The monoisotopic (exact) mass is 557 g/mol. The summed E-state index contributed by atoms with van der Waals surface area (Å²) in [7, 11) is 0. The summed E-state index contributed by atoms with van der Waals surface area (Å²) in [6, 6.07) is 9.61. The molecule has 1 amide bonds. The maximum atomic E-state index is 13.4. The molecule has 1 aliphatic heterocycles. The summed E-state index contributed by atoms with van der Waals surface area (Å²) in [5.74, 6) is -0.559. The van der Waals surface area contributed by atoms with Gasteiger partial charge in [0.1, 0.15) is 0 Å². The fraction of sp³-hybridized carbons (Fsp3) is 0.500. The molecule has 0 atom stereocenters. The first-order valence-corrected chi connectivity index (χ1v) is 13.3. The molecule has 4 rings (SSSR count). The number of halogens is 4. The van der Waals surface area contributed by atoms with Gasteiger partial charge in [0, 0.05) is 36.3 Å². The van der Waals surface area contributed by atoms with Gasteiger partial charge in [-0.05, 0) is 73.4 Å². The van der Waals surface area contributed by atoms with E-state index in [9.17, 15) is 22.4 Å². The second-order valence-corrected chi connectivity index (χ2v) is 10.4. The molecule has 1 aliphatic carbocycles. The van der Waals surface area contributed by atoms with Crippen LogP contribution in [0.1, 0.15) is 42.5 Å². The summed E-state index contributed by atoms with van der Waals surface area (Å²) in [4.78, 5) is 16.5. The van der Waals surface area contributed by atoms with Crippen molar-refractivity contribution >= 4 is 29.2 Å². The second-order valence-electron chi connectivity index (χ2n) is 9.47. The van der Waals surface area contributed by atoms with Gasteiger partial charge in [-0.2, -0.15) is 13.2 Å². The third-order valence-corrected chi connectivity index (χ3v) is 7.63. The Morgan fingerprint density at radius 2 is 1.82 bits per heavy atom. The van der Waals surface area contributed by atoms with E-state index in [1.165, 1.54) is 43.0 Å².